The Hall–Kier alpha value is -1.63. The maximum absolute atomic E-state index is 12.7. The second kappa shape index (κ2) is 7.29. The number of nitrogens with two attached hydrogens (primary N) is 1. The van der Waals surface area contributed by atoms with Crippen LogP contribution < -0.4 is 5.73 Å². The van der Waals surface area contributed by atoms with E-state index < -0.39 is 28.4 Å². The van der Waals surface area contributed by atoms with Gasteiger partial charge < -0.3 is 20.8 Å². The van der Waals surface area contributed by atoms with Crippen molar-refractivity contribution in [3.63, 3.8) is 0 Å². The first-order valence-electron chi connectivity index (χ1n) is 7.70. The topological polar surface area (TPSA) is 121 Å². The monoisotopic (exact) mass is 330 g/mol. The Morgan fingerprint density at radius 2 is 1.43 bits per heavy atom. The fourth-order valence-corrected chi connectivity index (χ4v) is 3.03. The van der Waals surface area contributed by atoms with Crippen LogP contribution in [-0.2, 0) is 14.4 Å². The average Bonchev–Trinajstić information content (AvgIpc) is 2.30. The Bertz CT molecular complexity index is 462. The van der Waals surface area contributed by atoms with Crippen molar-refractivity contribution in [1.82, 2.24) is 4.90 Å². The highest BCUT2D eigenvalue weighted by Crippen LogP contribution is 2.43. The molecule has 4 N–H and O–H groups in total. The molecule has 0 aromatic heterocycles. The van der Waals surface area contributed by atoms with Crippen LogP contribution in [0.1, 0.15) is 60.8 Å². The Kier molecular flexibility index (Phi) is 6.78. The SMILES string of the molecule is CC(C)(C)N(C(=O)CCN)[C@@](CCC(=O)O)(C(=O)O)C(C)(C)C. The summed E-state index contributed by atoms with van der Waals surface area (Å²) in [5.74, 6) is -2.69. The molecule has 0 saturated carbocycles. The number of nitrogens with zero attached hydrogens (tertiary/aromatic N) is 1. The van der Waals surface area contributed by atoms with E-state index in [-0.39, 0.29) is 31.7 Å². The van der Waals surface area contributed by atoms with Crippen molar-refractivity contribution in [2.24, 2.45) is 11.1 Å². The quantitative estimate of drug-likeness (QED) is 0.653. The highest BCUT2D eigenvalue weighted by atomic mass is 16.4. The summed E-state index contributed by atoms with van der Waals surface area (Å²) in [6, 6.07) is 0. The number of hydrogen-bond donors (Lipinski definition) is 3. The third-order valence-corrected chi connectivity index (χ3v) is 3.96. The van der Waals surface area contributed by atoms with Gasteiger partial charge in [-0.05, 0) is 32.6 Å². The number of carbonyl (C=O) groups is 3. The van der Waals surface area contributed by atoms with Crippen LogP contribution >= 0.6 is 0 Å². The Labute approximate surface area is 137 Å². The van der Waals surface area contributed by atoms with Crippen LogP contribution in [0.4, 0.5) is 0 Å². The van der Waals surface area contributed by atoms with Gasteiger partial charge in [-0.1, -0.05) is 20.8 Å². The normalized spacial score (nSPS) is 14.9. The van der Waals surface area contributed by atoms with Crippen molar-refractivity contribution in [2.45, 2.75) is 71.9 Å². The molecule has 134 valence electrons. The van der Waals surface area contributed by atoms with Crippen LogP contribution in [0.2, 0.25) is 0 Å². The minimum absolute atomic E-state index is 0.00938. The highest BCUT2D eigenvalue weighted by molar-refractivity contribution is 5.89. The summed E-state index contributed by atoms with van der Waals surface area (Å²) in [6.07, 6.45) is -0.504. The predicted molar refractivity (Wildman–Crippen MR) is 87.0 cm³/mol. The molecule has 7 heteroatoms. The number of carboxylic acid groups (broad SMARTS) is 2. The van der Waals surface area contributed by atoms with Crippen LogP contribution in [0.15, 0.2) is 0 Å². The van der Waals surface area contributed by atoms with Gasteiger partial charge in [0, 0.05) is 24.9 Å². The Morgan fingerprint density at radius 1 is 0.957 bits per heavy atom. The molecular weight excluding hydrogens is 300 g/mol. The van der Waals surface area contributed by atoms with Gasteiger partial charge in [-0.3, -0.25) is 9.59 Å². The van der Waals surface area contributed by atoms with E-state index in [2.05, 4.69) is 0 Å². The smallest absolute Gasteiger partial charge is 0.330 e. The zero-order chi connectivity index (χ0) is 18.6. The van der Waals surface area contributed by atoms with Crippen molar-refractivity contribution in [1.29, 1.82) is 0 Å². The van der Waals surface area contributed by atoms with Gasteiger partial charge in [0.2, 0.25) is 5.91 Å². The van der Waals surface area contributed by atoms with E-state index in [1.165, 1.54) is 4.90 Å². The second-order valence-electron chi connectivity index (χ2n) is 7.75. The summed E-state index contributed by atoms with van der Waals surface area (Å²) in [5, 5.41) is 19.0. The fraction of sp³-hybridized carbons (Fsp3) is 0.812. The van der Waals surface area contributed by atoms with Crippen molar-refractivity contribution in [3.05, 3.63) is 0 Å². The lowest BCUT2D eigenvalue weighted by molar-refractivity contribution is -0.178. The first-order chi connectivity index (χ1) is 10.2. The standard InChI is InChI=1S/C16H30N2O5/c1-14(2,3)16(13(22)23,9-7-12(20)21)18(15(4,5)6)11(19)8-10-17/h7-10,17H2,1-6H3,(H,20,21)(H,22,23)/t16-/m0/s1. The van der Waals surface area contributed by atoms with Crippen LogP contribution in [0.3, 0.4) is 0 Å². The van der Waals surface area contributed by atoms with Gasteiger partial charge in [0.15, 0.2) is 0 Å². The van der Waals surface area contributed by atoms with Crippen LogP contribution in [0.25, 0.3) is 0 Å². The summed E-state index contributed by atoms with van der Waals surface area (Å²) < 4.78 is 0. The molecule has 0 aliphatic carbocycles. The molecule has 0 unspecified atom stereocenters. The maximum Gasteiger partial charge on any atom is 0.330 e. The number of rotatable bonds is 7. The minimum Gasteiger partial charge on any atom is -0.481 e. The molecule has 0 radical (unpaired) electrons. The van der Waals surface area contributed by atoms with Crippen molar-refractivity contribution in [3.8, 4) is 0 Å². The highest BCUT2D eigenvalue weighted by Gasteiger charge is 2.57. The zero-order valence-electron chi connectivity index (χ0n) is 15.0. The number of aliphatic carboxylic acids is 2. The summed E-state index contributed by atoms with van der Waals surface area (Å²) in [5.41, 5.74) is 2.16. The van der Waals surface area contributed by atoms with Crippen LogP contribution in [0.5, 0.6) is 0 Å². The molecule has 0 bridgehead atoms. The summed E-state index contributed by atoms with van der Waals surface area (Å²) in [6.45, 7) is 10.4. The molecule has 0 saturated heterocycles. The van der Waals surface area contributed by atoms with E-state index in [0.717, 1.165) is 0 Å². The molecule has 0 aromatic rings. The van der Waals surface area contributed by atoms with E-state index >= 15 is 0 Å². The summed E-state index contributed by atoms with van der Waals surface area (Å²) >= 11 is 0. The summed E-state index contributed by atoms with van der Waals surface area (Å²) in [7, 11) is 0. The number of amides is 1. The van der Waals surface area contributed by atoms with E-state index in [1.54, 1.807) is 41.5 Å². The third-order valence-electron chi connectivity index (χ3n) is 3.96. The van der Waals surface area contributed by atoms with E-state index in [4.69, 9.17) is 10.8 Å². The molecule has 23 heavy (non-hydrogen) atoms. The Balaban J connectivity index is 6.37. The number of carboxylic acids is 2. The second-order valence-corrected chi connectivity index (χ2v) is 7.75. The first kappa shape index (κ1) is 21.4. The number of carbonyl (C=O) groups excluding carboxylic acids is 1. The van der Waals surface area contributed by atoms with Gasteiger partial charge >= 0.3 is 11.9 Å². The molecular formula is C16H30N2O5. The van der Waals surface area contributed by atoms with Gasteiger partial charge in [-0.15, -0.1) is 0 Å². The lowest BCUT2D eigenvalue weighted by Gasteiger charge is -2.54. The lowest BCUT2D eigenvalue weighted by atomic mass is 9.68. The van der Waals surface area contributed by atoms with Crippen molar-refractivity contribution >= 4 is 17.8 Å². The molecule has 0 rings (SSSR count). The third kappa shape index (κ3) is 4.67. The molecule has 1 atom stereocenters. The zero-order valence-corrected chi connectivity index (χ0v) is 15.0. The van der Waals surface area contributed by atoms with Crippen LogP contribution in [0, 0.1) is 5.41 Å². The van der Waals surface area contributed by atoms with Crippen LogP contribution in [-0.4, -0.2) is 50.6 Å². The largest absolute Gasteiger partial charge is 0.481 e. The van der Waals surface area contributed by atoms with Gasteiger partial charge in [0.25, 0.3) is 0 Å². The Morgan fingerprint density at radius 3 is 1.70 bits per heavy atom. The van der Waals surface area contributed by atoms with Gasteiger partial charge in [-0.25, -0.2) is 4.79 Å². The lowest BCUT2D eigenvalue weighted by Crippen LogP contribution is -2.69. The molecule has 0 aromatic carbocycles. The minimum atomic E-state index is -1.64. The summed E-state index contributed by atoms with van der Waals surface area (Å²) in [4.78, 5) is 37.3. The van der Waals surface area contributed by atoms with Gasteiger partial charge in [0.1, 0.15) is 5.54 Å². The average molecular weight is 330 g/mol. The predicted octanol–water partition coefficient (Wildman–Crippen LogP) is 1.70. The number of hydrogen-bond acceptors (Lipinski definition) is 4. The molecule has 0 heterocycles. The van der Waals surface area contributed by atoms with E-state index in [0.29, 0.717) is 0 Å². The fourth-order valence-electron chi connectivity index (χ4n) is 3.03. The van der Waals surface area contributed by atoms with E-state index in [1.807, 2.05) is 0 Å². The molecule has 0 spiro atoms. The molecule has 7 nitrogen and oxygen atoms in total. The van der Waals surface area contributed by atoms with E-state index in [9.17, 15) is 19.5 Å². The molecule has 0 fully saturated rings. The molecule has 0 aliphatic rings. The van der Waals surface area contributed by atoms with Gasteiger partial charge in [0.05, 0.1) is 0 Å². The van der Waals surface area contributed by atoms with Gasteiger partial charge in [-0.2, -0.15) is 0 Å². The van der Waals surface area contributed by atoms with Crippen molar-refractivity contribution in [2.75, 3.05) is 6.54 Å². The molecule has 0 aliphatic heterocycles. The van der Waals surface area contributed by atoms with Crippen molar-refractivity contribution < 1.29 is 24.6 Å². The molecule has 1 amide bonds. The first-order valence-corrected chi connectivity index (χ1v) is 7.70. The maximum atomic E-state index is 12.7.